The Balaban J connectivity index is 1.24. The smallest absolute Gasteiger partial charge is 0.392 e. The lowest BCUT2D eigenvalue weighted by Gasteiger charge is -2.09. The molecule has 8 nitrogen and oxygen atoms in total. The van der Waals surface area contributed by atoms with Gasteiger partial charge in [0.25, 0.3) is 5.56 Å². The number of halogens is 1. The topological polar surface area (TPSA) is 95.0 Å². The third-order valence-electron chi connectivity index (χ3n) is 5.58. The van der Waals surface area contributed by atoms with Gasteiger partial charge in [-0.3, -0.25) is 4.79 Å². The predicted octanol–water partition coefficient (Wildman–Crippen LogP) is 3.39. The second-order valence-electron chi connectivity index (χ2n) is 7.69. The van der Waals surface area contributed by atoms with Gasteiger partial charge in [0.1, 0.15) is 5.82 Å². The van der Waals surface area contributed by atoms with Crippen LogP contribution < -0.4 is 16.6 Å². The van der Waals surface area contributed by atoms with Gasteiger partial charge < -0.3 is 14.3 Å². The quantitative estimate of drug-likeness (QED) is 0.314. The van der Waals surface area contributed by atoms with Crippen LogP contribution in [0.3, 0.4) is 0 Å². The van der Waals surface area contributed by atoms with Gasteiger partial charge in [-0.2, -0.15) is 4.68 Å². The molecule has 1 N–H and O–H groups in total. The summed E-state index contributed by atoms with van der Waals surface area (Å²) < 4.78 is 22.1. The number of aromatic nitrogens is 4. The van der Waals surface area contributed by atoms with Crippen LogP contribution in [0.25, 0.3) is 16.7 Å². The largest absolute Gasteiger partial charge is 0.441 e. The van der Waals surface area contributed by atoms with E-state index in [0.717, 1.165) is 10.6 Å². The van der Waals surface area contributed by atoms with Crippen molar-refractivity contribution in [1.29, 1.82) is 0 Å². The molecule has 10 heteroatoms. The Labute approximate surface area is 192 Å². The first-order valence-electron chi connectivity index (χ1n) is 10.8. The van der Waals surface area contributed by atoms with Crippen LogP contribution in [-0.4, -0.2) is 31.6 Å². The zero-order valence-corrected chi connectivity index (χ0v) is 18.8. The molecule has 2 aromatic carbocycles. The van der Waals surface area contributed by atoms with Gasteiger partial charge in [0.05, 0.1) is 16.7 Å². The molecule has 0 atom stereocenters. The van der Waals surface area contributed by atoms with Gasteiger partial charge in [-0.05, 0) is 55.0 Å². The van der Waals surface area contributed by atoms with Gasteiger partial charge in [-0.1, -0.05) is 6.92 Å². The number of nitrogens with one attached hydrogen (secondary N) is 1. The van der Waals surface area contributed by atoms with Crippen molar-refractivity contribution in [2.75, 3.05) is 17.6 Å². The zero-order chi connectivity index (χ0) is 22.9. The molecule has 0 bridgehead atoms. The molecule has 0 fully saturated rings. The lowest BCUT2D eigenvalue weighted by molar-refractivity contribution is 0.454. The molecule has 0 radical (unpaired) electrons. The molecule has 4 aromatic rings. The van der Waals surface area contributed by atoms with E-state index in [4.69, 9.17) is 4.42 Å². The molecule has 33 heavy (non-hydrogen) atoms. The summed E-state index contributed by atoms with van der Waals surface area (Å²) >= 11 is 1.72. The number of thioether (sulfide) groups is 1. The maximum Gasteiger partial charge on any atom is 0.441 e. The summed E-state index contributed by atoms with van der Waals surface area (Å²) in [6.45, 7) is 2.98. The predicted molar refractivity (Wildman–Crippen MR) is 125 cm³/mol. The monoisotopic (exact) mass is 467 g/mol. The summed E-state index contributed by atoms with van der Waals surface area (Å²) in [6.07, 6.45) is 1.50. The maximum atomic E-state index is 14.0. The van der Waals surface area contributed by atoms with Crippen LogP contribution in [0.4, 0.5) is 10.2 Å². The molecule has 0 spiro atoms. The highest BCUT2D eigenvalue weighted by atomic mass is 32.2. The van der Waals surface area contributed by atoms with Crippen LogP contribution >= 0.6 is 11.8 Å². The second kappa shape index (κ2) is 8.86. The Bertz CT molecular complexity index is 1440. The van der Waals surface area contributed by atoms with E-state index in [0.29, 0.717) is 60.5 Å². The Morgan fingerprint density at radius 3 is 2.79 bits per heavy atom. The second-order valence-corrected chi connectivity index (χ2v) is 9.03. The van der Waals surface area contributed by atoms with Crippen molar-refractivity contribution in [3.8, 4) is 5.69 Å². The minimum atomic E-state index is -0.533. The van der Waals surface area contributed by atoms with Crippen molar-refractivity contribution < 1.29 is 8.81 Å². The van der Waals surface area contributed by atoms with E-state index in [9.17, 15) is 14.0 Å². The van der Waals surface area contributed by atoms with Gasteiger partial charge >= 0.3 is 5.76 Å². The average Bonchev–Trinajstić information content (AvgIpc) is 3.42. The third kappa shape index (κ3) is 4.06. The standard InChI is InChI=1S/C23H22FN5O3S/c1-2-33-15-7-5-14(6-8-15)29-23(31)32-19(27-29)4-3-12-25-21-22(30)28-13-11-16-17(24)9-10-18(26-21)20(16)28/h5-10H,2-4,11-13H2,1H3,(H,25,26). The molecular weight excluding hydrogens is 445 g/mol. The van der Waals surface area contributed by atoms with Crippen LogP contribution in [-0.2, 0) is 19.4 Å². The van der Waals surface area contributed by atoms with E-state index < -0.39 is 5.76 Å². The number of hydrogen-bond acceptors (Lipinski definition) is 7. The normalized spacial score (nSPS) is 12.5. The van der Waals surface area contributed by atoms with Crippen molar-refractivity contribution in [1.82, 2.24) is 19.3 Å². The summed E-state index contributed by atoms with van der Waals surface area (Å²) in [7, 11) is 0. The number of aryl methyl sites for hydroxylation is 3. The zero-order valence-electron chi connectivity index (χ0n) is 18.0. The molecule has 0 amide bonds. The van der Waals surface area contributed by atoms with E-state index in [1.54, 1.807) is 22.4 Å². The lowest BCUT2D eigenvalue weighted by atomic mass is 10.1. The van der Waals surface area contributed by atoms with Gasteiger partial charge in [0, 0.05) is 30.0 Å². The van der Waals surface area contributed by atoms with E-state index in [-0.39, 0.29) is 17.2 Å². The SMILES string of the molecule is CCSc1ccc(-n2nc(CCCNc3nc4ccc(F)c5c4n(c3=O)CC5)oc2=O)cc1. The molecule has 1 aliphatic heterocycles. The minimum Gasteiger partial charge on any atom is -0.392 e. The van der Waals surface area contributed by atoms with E-state index in [2.05, 4.69) is 22.3 Å². The maximum absolute atomic E-state index is 14.0. The Morgan fingerprint density at radius 2 is 2.00 bits per heavy atom. The molecule has 0 unspecified atom stereocenters. The van der Waals surface area contributed by atoms with Crippen molar-refractivity contribution in [3.63, 3.8) is 0 Å². The highest BCUT2D eigenvalue weighted by Crippen LogP contribution is 2.26. The van der Waals surface area contributed by atoms with Crippen molar-refractivity contribution in [3.05, 3.63) is 74.6 Å². The van der Waals surface area contributed by atoms with Gasteiger partial charge in [0.2, 0.25) is 5.89 Å². The fourth-order valence-corrected chi connectivity index (χ4v) is 4.72. The summed E-state index contributed by atoms with van der Waals surface area (Å²) in [4.78, 5) is 30.5. The molecule has 0 aliphatic carbocycles. The number of benzene rings is 2. The number of hydrogen-bond donors (Lipinski definition) is 1. The van der Waals surface area contributed by atoms with E-state index >= 15 is 0 Å². The number of nitrogens with zero attached hydrogens (tertiary/aromatic N) is 4. The van der Waals surface area contributed by atoms with Crippen molar-refractivity contribution >= 4 is 28.6 Å². The third-order valence-corrected chi connectivity index (χ3v) is 6.48. The van der Waals surface area contributed by atoms with Crippen molar-refractivity contribution in [2.45, 2.75) is 37.6 Å². The average molecular weight is 468 g/mol. The molecule has 0 saturated heterocycles. The lowest BCUT2D eigenvalue weighted by Crippen LogP contribution is -2.24. The highest BCUT2D eigenvalue weighted by Gasteiger charge is 2.22. The molecule has 5 rings (SSSR count). The summed E-state index contributed by atoms with van der Waals surface area (Å²) in [5, 5.41) is 7.35. The number of anilines is 1. The molecule has 170 valence electrons. The van der Waals surface area contributed by atoms with Crippen molar-refractivity contribution in [2.24, 2.45) is 0 Å². The van der Waals surface area contributed by atoms with Crippen LogP contribution in [0.1, 0.15) is 24.8 Å². The Kier molecular flexibility index (Phi) is 5.76. The van der Waals surface area contributed by atoms with Gasteiger partial charge in [-0.25, -0.2) is 14.2 Å². The van der Waals surface area contributed by atoms with E-state index in [1.165, 1.54) is 10.7 Å². The highest BCUT2D eigenvalue weighted by molar-refractivity contribution is 7.99. The van der Waals surface area contributed by atoms with Crippen LogP contribution in [0.2, 0.25) is 0 Å². The van der Waals surface area contributed by atoms with Crippen LogP contribution in [0.15, 0.2) is 55.3 Å². The fraction of sp³-hybridized carbons (Fsp3) is 0.304. The van der Waals surface area contributed by atoms with Gasteiger partial charge in [0.15, 0.2) is 5.82 Å². The first kappa shape index (κ1) is 21.4. The summed E-state index contributed by atoms with van der Waals surface area (Å²) in [5.41, 5.74) is 2.12. The van der Waals surface area contributed by atoms with Crippen LogP contribution in [0, 0.1) is 5.82 Å². The minimum absolute atomic E-state index is 0.235. The fourth-order valence-electron chi connectivity index (χ4n) is 4.06. The molecule has 3 heterocycles. The molecular formula is C23H22FN5O3S. The molecule has 2 aromatic heterocycles. The molecule has 0 saturated carbocycles. The van der Waals surface area contributed by atoms with Gasteiger partial charge in [-0.15, -0.1) is 16.9 Å². The first-order valence-corrected chi connectivity index (χ1v) is 11.8. The summed E-state index contributed by atoms with van der Waals surface area (Å²) in [6, 6.07) is 10.6. The van der Waals surface area contributed by atoms with Crippen LogP contribution in [0.5, 0.6) is 0 Å². The molecule has 1 aliphatic rings. The summed E-state index contributed by atoms with van der Waals surface area (Å²) in [5.74, 6) is 0.709. The van der Waals surface area contributed by atoms with E-state index in [1.807, 2.05) is 24.3 Å². The first-order chi connectivity index (χ1) is 16.0. The Morgan fingerprint density at radius 1 is 1.18 bits per heavy atom. The number of rotatable bonds is 8. The Hall–Kier alpha value is -3.40.